The molecule has 0 aliphatic rings. The standard InChI is InChI=1S/C10H13NO6S3/c1-19(14,15)5-4-18-9-3-2-7(20(11,16)17)6-8(9)10(12)13/h2-3,6H,4-5H2,1H3,(H,12,13)(H2,11,16,17). The van der Waals surface area contributed by atoms with Crippen molar-refractivity contribution in [3.05, 3.63) is 23.8 Å². The summed E-state index contributed by atoms with van der Waals surface area (Å²) in [4.78, 5) is 11.1. The molecule has 1 aromatic rings. The molecule has 20 heavy (non-hydrogen) atoms. The predicted octanol–water partition coefficient (Wildman–Crippen LogP) is 0.169. The number of carboxylic acids is 1. The van der Waals surface area contributed by atoms with Crippen molar-refractivity contribution in [2.75, 3.05) is 17.8 Å². The highest BCUT2D eigenvalue weighted by molar-refractivity contribution is 8.00. The Hall–Kier alpha value is -1.10. The van der Waals surface area contributed by atoms with Gasteiger partial charge in [0.1, 0.15) is 9.84 Å². The maximum Gasteiger partial charge on any atom is 0.336 e. The number of thioether (sulfide) groups is 1. The van der Waals surface area contributed by atoms with E-state index >= 15 is 0 Å². The zero-order valence-corrected chi connectivity index (χ0v) is 12.9. The van der Waals surface area contributed by atoms with E-state index in [-0.39, 0.29) is 26.9 Å². The Morgan fingerprint density at radius 3 is 2.35 bits per heavy atom. The van der Waals surface area contributed by atoms with Gasteiger partial charge in [0, 0.05) is 16.9 Å². The van der Waals surface area contributed by atoms with Crippen LogP contribution < -0.4 is 5.14 Å². The molecule has 0 saturated carbocycles. The molecule has 0 bridgehead atoms. The summed E-state index contributed by atoms with van der Waals surface area (Å²) in [6, 6.07) is 3.45. The SMILES string of the molecule is CS(=O)(=O)CCSc1ccc(S(N)(=O)=O)cc1C(=O)O. The molecule has 0 aliphatic heterocycles. The van der Waals surface area contributed by atoms with E-state index in [1.54, 1.807) is 0 Å². The first-order chi connectivity index (χ1) is 9.00. The lowest BCUT2D eigenvalue weighted by atomic mass is 10.2. The number of carboxylic acid groups (broad SMARTS) is 1. The van der Waals surface area contributed by atoms with Crippen LogP contribution in [0.2, 0.25) is 0 Å². The number of aromatic carboxylic acids is 1. The second-order valence-electron chi connectivity index (χ2n) is 3.99. The van der Waals surface area contributed by atoms with Gasteiger partial charge in [-0.2, -0.15) is 0 Å². The van der Waals surface area contributed by atoms with Crippen LogP contribution in [0.1, 0.15) is 10.4 Å². The summed E-state index contributed by atoms with van der Waals surface area (Å²) in [5.74, 6) is -1.24. The molecule has 0 atom stereocenters. The normalized spacial score (nSPS) is 12.3. The molecule has 112 valence electrons. The van der Waals surface area contributed by atoms with E-state index < -0.39 is 25.8 Å². The van der Waals surface area contributed by atoms with E-state index in [1.165, 1.54) is 12.1 Å². The highest BCUT2D eigenvalue weighted by atomic mass is 32.2. The first kappa shape index (κ1) is 17.0. The number of carbonyl (C=O) groups is 1. The van der Waals surface area contributed by atoms with Gasteiger partial charge in [-0.3, -0.25) is 0 Å². The van der Waals surface area contributed by atoms with Gasteiger partial charge < -0.3 is 5.11 Å². The molecular formula is C10H13NO6S3. The molecule has 0 aliphatic carbocycles. The Kier molecular flexibility index (Phi) is 5.19. The first-order valence-corrected chi connectivity index (χ1v) is 9.80. The number of primary sulfonamides is 1. The third kappa shape index (κ3) is 5.12. The molecule has 0 saturated heterocycles. The maximum atomic E-state index is 11.2. The van der Waals surface area contributed by atoms with Crippen LogP contribution in [-0.4, -0.2) is 45.7 Å². The molecule has 0 heterocycles. The summed E-state index contributed by atoms with van der Waals surface area (Å²) in [6.07, 6.45) is 1.08. The van der Waals surface area contributed by atoms with Crippen LogP contribution in [-0.2, 0) is 19.9 Å². The third-order valence-corrected chi connectivity index (χ3v) is 5.41. The van der Waals surface area contributed by atoms with E-state index in [0.29, 0.717) is 0 Å². The highest BCUT2D eigenvalue weighted by Crippen LogP contribution is 2.25. The van der Waals surface area contributed by atoms with Gasteiger partial charge in [-0.1, -0.05) is 0 Å². The summed E-state index contributed by atoms with van der Waals surface area (Å²) in [7, 11) is -7.13. The molecule has 7 nitrogen and oxygen atoms in total. The largest absolute Gasteiger partial charge is 0.478 e. The van der Waals surface area contributed by atoms with Crippen LogP contribution >= 0.6 is 11.8 Å². The molecule has 10 heteroatoms. The molecule has 3 N–H and O–H groups in total. The Bertz CT molecular complexity index is 723. The Balaban J connectivity index is 3.06. The maximum absolute atomic E-state index is 11.2. The number of sulfone groups is 1. The second kappa shape index (κ2) is 6.12. The molecule has 0 fully saturated rings. The minimum Gasteiger partial charge on any atom is -0.478 e. The van der Waals surface area contributed by atoms with Crippen molar-refractivity contribution < 1.29 is 26.7 Å². The molecule has 0 amide bonds. The van der Waals surface area contributed by atoms with Gasteiger partial charge in [0.2, 0.25) is 10.0 Å². The van der Waals surface area contributed by atoms with Crippen molar-refractivity contribution in [2.24, 2.45) is 5.14 Å². The van der Waals surface area contributed by atoms with Gasteiger partial charge in [0.05, 0.1) is 16.2 Å². The van der Waals surface area contributed by atoms with E-state index in [4.69, 9.17) is 10.2 Å². The molecule has 1 aromatic carbocycles. The van der Waals surface area contributed by atoms with Gasteiger partial charge in [-0.05, 0) is 18.2 Å². The van der Waals surface area contributed by atoms with Crippen LogP contribution in [0.5, 0.6) is 0 Å². The van der Waals surface area contributed by atoms with Gasteiger partial charge >= 0.3 is 5.97 Å². The predicted molar refractivity (Wildman–Crippen MR) is 75.2 cm³/mol. The number of rotatable bonds is 6. The fraction of sp³-hybridized carbons (Fsp3) is 0.300. The van der Waals surface area contributed by atoms with E-state index in [9.17, 15) is 21.6 Å². The van der Waals surface area contributed by atoms with Gasteiger partial charge in [0.15, 0.2) is 0 Å². The molecule has 0 unspecified atom stereocenters. The van der Waals surface area contributed by atoms with Crippen molar-refractivity contribution in [1.82, 2.24) is 0 Å². The summed E-state index contributed by atoms with van der Waals surface area (Å²) in [5.41, 5.74) is -0.227. The van der Waals surface area contributed by atoms with Crippen LogP contribution in [0.4, 0.5) is 0 Å². The van der Waals surface area contributed by atoms with Crippen molar-refractivity contribution >= 4 is 37.6 Å². The Labute approximate surface area is 121 Å². The Morgan fingerprint density at radius 2 is 1.90 bits per heavy atom. The quantitative estimate of drug-likeness (QED) is 0.706. The van der Waals surface area contributed by atoms with Crippen LogP contribution in [0.3, 0.4) is 0 Å². The van der Waals surface area contributed by atoms with Gasteiger partial charge in [0.25, 0.3) is 0 Å². The summed E-state index contributed by atoms with van der Waals surface area (Å²) in [5, 5.41) is 14.0. The summed E-state index contributed by atoms with van der Waals surface area (Å²) < 4.78 is 44.3. The topological polar surface area (TPSA) is 132 Å². The minimum atomic E-state index is -3.99. The monoisotopic (exact) mass is 339 g/mol. The van der Waals surface area contributed by atoms with E-state index in [1.807, 2.05) is 0 Å². The fourth-order valence-electron chi connectivity index (χ4n) is 1.28. The van der Waals surface area contributed by atoms with Crippen molar-refractivity contribution in [3.63, 3.8) is 0 Å². The lowest BCUT2D eigenvalue weighted by Gasteiger charge is -2.07. The van der Waals surface area contributed by atoms with E-state index in [2.05, 4.69) is 0 Å². The molecule has 0 aromatic heterocycles. The van der Waals surface area contributed by atoms with Crippen molar-refractivity contribution in [3.8, 4) is 0 Å². The lowest BCUT2D eigenvalue weighted by Crippen LogP contribution is -2.13. The highest BCUT2D eigenvalue weighted by Gasteiger charge is 2.16. The van der Waals surface area contributed by atoms with Crippen LogP contribution in [0.15, 0.2) is 28.0 Å². The average Bonchev–Trinajstić information content (AvgIpc) is 2.25. The summed E-state index contributed by atoms with van der Waals surface area (Å²) >= 11 is 1.03. The minimum absolute atomic E-state index is 0.104. The average molecular weight is 339 g/mol. The van der Waals surface area contributed by atoms with Gasteiger partial charge in [-0.15, -0.1) is 11.8 Å². The Morgan fingerprint density at radius 1 is 1.30 bits per heavy atom. The second-order valence-corrected chi connectivity index (χ2v) is 8.94. The zero-order chi connectivity index (χ0) is 15.6. The fourth-order valence-corrected chi connectivity index (χ4v) is 4.05. The number of hydrogen-bond acceptors (Lipinski definition) is 6. The summed E-state index contributed by atoms with van der Waals surface area (Å²) in [6.45, 7) is 0. The third-order valence-electron chi connectivity index (χ3n) is 2.22. The lowest BCUT2D eigenvalue weighted by molar-refractivity contribution is 0.0693. The molecule has 0 spiro atoms. The smallest absolute Gasteiger partial charge is 0.336 e. The first-order valence-electron chi connectivity index (χ1n) is 5.21. The van der Waals surface area contributed by atoms with E-state index in [0.717, 1.165) is 24.1 Å². The number of nitrogens with two attached hydrogens (primary N) is 1. The number of benzene rings is 1. The van der Waals surface area contributed by atoms with Gasteiger partial charge in [-0.25, -0.2) is 26.8 Å². The molecule has 1 rings (SSSR count). The van der Waals surface area contributed by atoms with Crippen LogP contribution in [0, 0.1) is 0 Å². The van der Waals surface area contributed by atoms with Crippen LogP contribution in [0.25, 0.3) is 0 Å². The van der Waals surface area contributed by atoms with Crippen molar-refractivity contribution in [2.45, 2.75) is 9.79 Å². The molecular weight excluding hydrogens is 326 g/mol. The molecule has 0 radical (unpaired) electrons. The zero-order valence-electron chi connectivity index (χ0n) is 10.4. The van der Waals surface area contributed by atoms with Crippen molar-refractivity contribution in [1.29, 1.82) is 0 Å². The number of sulfonamides is 1. The number of hydrogen-bond donors (Lipinski definition) is 2.